The van der Waals surface area contributed by atoms with Crippen LogP contribution in [0.25, 0.3) is 0 Å². The van der Waals surface area contributed by atoms with Crippen molar-refractivity contribution < 1.29 is 24.6 Å². The maximum absolute atomic E-state index is 13.7. The quantitative estimate of drug-likeness (QED) is 0.492. The molecule has 3 aromatic rings. The topological polar surface area (TPSA) is 107 Å². The van der Waals surface area contributed by atoms with Crippen molar-refractivity contribution in [3.8, 4) is 5.75 Å². The SMILES string of the molecule is O=C(NC1CCN(C(=O)[C@@H]2CC[C@](C(=O)O)(c3ccccc3)c3ccccc32)CC1)c1ccccc1O. The van der Waals surface area contributed by atoms with E-state index in [1.807, 2.05) is 59.5 Å². The highest BCUT2D eigenvalue weighted by Gasteiger charge is 2.49. The molecule has 0 radical (unpaired) electrons. The van der Waals surface area contributed by atoms with Crippen LogP contribution in [0.5, 0.6) is 5.75 Å². The van der Waals surface area contributed by atoms with Crippen LogP contribution >= 0.6 is 0 Å². The van der Waals surface area contributed by atoms with Crippen LogP contribution in [0.1, 0.15) is 58.6 Å². The molecule has 1 saturated heterocycles. The molecule has 0 saturated carbocycles. The predicted octanol–water partition coefficient (Wildman–Crippen LogP) is 4.06. The lowest BCUT2D eigenvalue weighted by Crippen LogP contribution is -2.49. The van der Waals surface area contributed by atoms with Gasteiger partial charge in [0.1, 0.15) is 11.2 Å². The molecule has 2 amide bonds. The van der Waals surface area contributed by atoms with Gasteiger partial charge in [-0.1, -0.05) is 66.7 Å². The number of aliphatic carboxylic acids is 1. The number of carbonyl (C=O) groups is 3. The molecule has 190 valence electrons. The van der Waals surface area contributed by atoms with Gasteiger partial charge >= 0.3 is 5.97 Å². The second kappa shape index (κ2) is 10.1. The van der Waals surface area contributed by atoms with Crippen molar-refractivity contribution >= 4 is 17.8 Å². The van der Waals surface area contributed by atoms with Gasteiger partial charge in [-0.05, 0) is 54.5 Å². The highest BCUT2D eigenvalue weighted by Crippen LogP contribution is 2.47. The fourth-order valence-electron chi connectivity index (χ4n) is 5.86. The van der Waals surface area contributed by atoms with Gasteiger partial charge < -0.3 is 20.4 Å². The number of likely N-dealkylation sites (tertiary alicyclic amines) is 1. The van der Waals surface area contributed by atoms with Gasteiger partial charge in [-0.3, -0.25) is 14.4 Å². The molecular formula is C30H30N2O5. The fourth-order valence-corrected chi connectivity index (χ4v) is 5.86. The minimum atomic E-state index is -1.19. The number of carbonyl (C=O) groups excluding carboxylic acids is 2. The summed E-state index contributed by atoms with van der Waals surface area (Å²) in [6, 6.07) is 23.0. The summed E-state index contributed by atoms with van der Waals surface area (Å²) >= 11 is 0. The standard InChI is InChI=1S/C30H30N2O5/c33-26-13-7-5-11-24(26)27(34)31-21-15-18-32(19-16-21)28(35)23-14-17-30(29(36)37,20-8-2-1-3-9-20)25-12-6-4-10-22(23)25/h1-13,21,23,33H,14-19H2,(H,31,34)(H,36,37)/t23-,30+/m1/s1. The van der Waals surface area contributed by atoms with Crippen LogP contribution in [-0.4, -0.2) is 52.0 Å². The number of phenolic OH excluding ortho intramolecular Hbond substituents is 1. The van der Waals surface area contributed by atoms with Gasteiger partial charge in [-0.25, -0.2) is 0 Å². The molecule has 37 heavy (non-hydrogen) atoms. The van der Waals surface area contributed by atoms with Crippen molar-refractivity contribution in [3.63, 3.8) is 0 Å². The summed E-state index contributed by atoms with van der Waals surface area (Å²) in [4.78, 5) is 40.8. The van der Waals surface area contributed by atoms with Crippen LogP contribution in [0.3, 0.4) is 0 Å². The third kappa shape index (κ3) is 4.46. The molecule has 1 heterocycles. The van der Waals surface area contributed by atoms with E-state index >= 15 is 0 Å². The number of rotatable bonds is 5. The van der Waals surface area contributed by atoms with Gasteiger partial charge in [0.05, 0.1) is 11.5 Å². The van der Waals surface area contributed by atoms with Crippen molar-refractivity contribution in [2.75, 3.05) is 13.1 Å². The molecule has 0 aromatic heterocycles. The van der Waals surface area contributed by atoms with Crippen LogP contribution < -0.4 is 5.32 Å². The van der Waals surface area contributed by atoms with Crippen molar-refractivity contribution in [2.45, 2.75) is 43.1 Å². The van der Waals surface area contributed by atoms with Gasteiger partial charge in [-0.15, -0.1) is 0 Å². The number of hydrogen-bond donors (Lipinski definition) is 3. The first-order valence-electron chi connectivity index (χ1n) is 12.7. The number of fused-ring (bicyclic) bond motifs is 1. The number of benzene rings is 3. The molecule has 5 rings (SSSR count). The molecule has 2 aliphatic rings. The number of carboxylic acid groups (broad SMARTS) is 1. The molecule has 7 nitrogen and oxygen atoms in total. The molecule has 0 spiro atoms. The minimum Gasteiger partial charge on any atom is -0.507 e. The number of nitrogens with one attached hydrogen (secondary N) is 1. The van der Waals surface area contributed by atoms with E-state index in [2.05, 4.69) is 5.32 Å². The van der Waals surface area contributed by atoms with Gasteiger partial charge in [-0.2, -0.15) is 0 Å². The summed E-state index contributed by atoms with van der Waals surface area (Å²) < 4.78 is 0. The Morgan fingerprint density at radius 3 is 2.19 bits per heavy atom. The number of piperidine rings is 1. The van der Waals surface area contributed by atoms with Crippen molar-refractivity contribution in [1.82, 2.24) is 10.2 Å². The predicted molar refractivity (Wildman–Crippen MR) is 138 cm³/mol. The van der Waals surface area contributed by atoms with Crippen LogP contribution in [0.2, 0.25) is 0 Å². The maximum Gasteiger partial charge on any atom is 0.318 e. The van der Waals surface area contributed by atoms with E-state index in [-0.39, 0.29) is 29.2 Å². The number of amides is 2. The third-order valence-corrected chi connectivity index (χ3v) is 7.82. The Kier molecular flexibility index (Phi) is 6.70. The first-order valence-corrected chi connectivity index (χ1v) is 12.7. The number of aromatic hydroxyl groups is 1. The number of phenols is 1. The van der Waals surface area contributed by atoms with Crippen LogP contribution in [-0.2, 0) is 15.0 Å². The van der Waals surface area contributed by atoms with E-state index in [4.69, 9.17) is 0 Å². The van der Waals surface area contributed by atoms with E-state index < -0.39 is 17.3 Å². The monoisotopic (exact) mass is 498 g/mol. The van der Waals surface area contributed by atoms with Crippen molar-refractivity contribution in [1.29, 1.82) is 0 Å². The van der Waals surface area contributed by atoms with Gasteiger partial charge in [0.2, 0.25) is 5.91 Å². The summed E-state index contributed by atoms with van der Waals surface area (Å²) in [6.07, 6.45) is 2.01. The first kappa shape index (κ1) is 24.6. The number of para-hydroxylation sites is 1. The molecule has 0 bridgehead atoms. The summed E-state index contributed by atoms with van der Waals surface area (Å²) in [5.41, 5.74) is 1.24. The maximum atomic E-state index is 13.7. The minimum absolute atomic E-state index is 0.00461. The lowest BCUT2D eigenvalue weighted by molar-refractivity contribution is -0.144. The molecule has 3 N–H and O–H groups in total. The number of nitrogens with zero attached hydrogens (tertiary/aromatic N) is 1. The van der Waals surface area contributed by atoms with Crippen LogP contribution in [0, 0.1) is 0 Å². The lowest BCUT2D eigenvalue weighted by Gasteiger charge is -2.41. The zero-order valence-electron chi connectivity index (χ0n) is 20.5. The first-order chi connectivity index (χ1) is 17.9. The van der Waals surface area contributed by atoms with Gasteiger partial charge in [0.25, 0.3) is 5.91 Å². The molecule has 3 aromatic carbocycles. The second-order valence-corrected chi connectivity index (χ2v) is 9.85. The normalized spacial score (nSPS) is 21.6. The Hall–Kier alpha value is -4.13. The Morgan fingerprint density at radius 2 is 1.49 bits per heavy atom. The van der Waals surface area contributed by atoms with Crippen LogP contribution in [0.4, 0.5) is 0 Å². The van der Waals surface area contributed by atoms with E-state index in [1.165, 1.54) is 6.07 Å². The van der Waals surface area contributed by atoms with E-state index in [9.17, 15) is 24.6 Å². The van der Waals surface area contributed by atoms with E-state index in [0.717, 1.165) is 11.1 Å². The fraction of sp³-hybridized carbons (Fsp3) is 0.300. The molecule has 0 unspecified atom stereocenters. The average molecular weight is 499 g/mol. The second-order valence-electron chi connectivity index (χ2n) is 9.85. The summed E-state index contributed by atoms with van der Waals surface area (Å²) in [6.45, 7) is 1.01. The molecule has 1 aliphatic carbocycles. The van der Waals surface area contributed by atoms with E-state index in [0.29, 0.717) is 44.3 Å². The Morgan fingerprint density at radius 1 is 0.838 bits per heavy atom. The molecule has 1 fully saturated rings. The van der Waals surface area contributed by atoms with Gasteiger partial charge in [0, 0.05) is 19.1 Å². The zero-order chi connectivity index (χ0) is 26.0. The molecule has 2 atom stereocenters. The van der Waals surface area contributed by atoms with Crippen molar-refractivity contribution in [2.24, 2.45) is 0 Å². The third-order valence-electron chi connectivity index (χ3n) is 7.82. The Balaban J connectivity index is 1.31. The largest absolute Gasteiger partial charge is 0.507 e. The highest BCUT2D eigenvalue weighted by molar-refractivity contribution is 5.97. The van der Waals surface area contributed by atoms with Crippen molar-refractivity contribution in [3.05, 3.63) is 101 Å². The van der Waals surface area contributed by atoms with Crippen LogP contribution in [0.15, 0.2) is 78.9 Å². The molecule has 1 aliphatic heterocycles. The zero-order valence-corrected chi connectivity index (χ0v) is 20.5. The average Bonchev–Trinajstić information content (AvgIpc) is 2.93. The Bertz CT molecular complexity index is 1320. The number of carboxylic acids is 1. The van der Waals surface area contributed by atoms with E-state index in [1.54, 1.807) is 18.2 Å². The van der Waals surface area contributed by atoms with Gasteiger partial charge in [0.15, 0.2) is 0 Å². The smallest absolute Gasteiger partial charge is 0.318 e. The highest BCUT2D eigenvalue weighted by atomic mass is 16.4. The lowest BCUT2D eigenvalue weighted by atomic mass is 9.63. The Labute approximate surface area is 215 Å². The molecule has 7 heteroatoms. The molecular weight excluding hydrogens is 468 g/mol. The number of hydrogen-bond acceptors (Lipinski definition) is 4. The summed E-state index contributed by atoms with van der Waals surface area (Å²) in [7, 11) is 0. The summed E-state index contributed by atoms with van der Waals surface area (Å²) in [5, 5.41) is 23.3. The summed E-state index contributed by atoms with van der Waals surface area (Å²) in [5.74, 6) is -1.69.